The number of aromatic nitrogens is 4. The number of piperidine rings is 1. The number of rotatable bonds is 4. The molecule has 3 heterocycles. The molecule has 0 radical (unpaired) electrons. The molecular weight excluding hydrogens is 410 g/mol. The molecule has 0 atom stereocenters. The van der Waals surface area contributed by atoms with Gasteiger partial charge in [0.25, 0.3) is 0 Å². The molecule has 1 saturated heterocycles. The van der Waals surface area contributed by atoms with E-state index in [1.54, 1.807) is 24.0 Å². The fourth-order valence-corrected chi connectivity index (χ4v) is 3.50. The van der Waals surface area contributed by atoms with Crippen molar-refractivity contribution in [2.24, 2.45) is 0 Å². The van der Waals surface area contributed by atoms with E-state index < -0.39 is 12.2 Å². The second-order valence-corrected chi connectivity index (χ2v) is 7.67. The number of alkyl halides is 2. The van der Waals surface area contributed by atoms with Crippen LogP contribution in [0.25, 0.3) is 22.2 Å². The Morgan fingerprint density at radius 1 is 1.26 bits per heavy atom. The van der Waals surface area contributed by atoms with Gasteiger partial charge in [-0.05, 0) is 31.9 Å². The standard InChI is InChI=1S/C20H22F2N6O3/c1-20(30)5-7-27(8-6-20)19(29)26-15-10-23-16-13(3-4-14(31-2)17(16)25-15)12-9-24-28(11-12)18(21)22/h3-4,9-11,18,30H,5-8H2,1-2H3,(H,25,26,29). The third kappa shape index (κ3) is 4.26. The summed E-state index contributed by atoms with van der Waals surface area (Å²) in [7, 11) is 1.48. The van der Waals surface area contributed by atoms with E-state index in [4.69, 9.17) is 4.74 Å². The van der Waals surface area contributed by atoms with Crippen LogP contribution in [-0.2, 0) is 0 Å². The van der Waals surface area contributed by atoms with Crippen LogP contribution in [0, 0.1) is 0 Å². The fourth-order valence-electron chi connectivity index (χ4n) is 3.50. The smallest absolute Gasteiger partial charge is 0.333 e. The third-order valence-corrected chi connectivity index (χ3v) is 5.36. The molecular formula is C20H22F2N6O3. The van der Waals surface area contributed by atoms with E-state index in [2.05, 4.69) is 20.4 Å². The van der Waals surface area contributed by atoms with E-state index in [1.807, 2.05) is 0 Å². The number of hydrogen-bond donors (Lipinski definition) is 2. The van der Waals surface area contributed by atoms with E-state index in [0.29, 0.717) is 58.5 Å². The molecule has 3 aromatic rings. The number of likely N-dealkylation sites (tertiary alicyclic amines) is 1. The summed E-state index contributed by atoms with van der Waals surface area (Å²) in [4.78, 5) is 23.1. The molecule has 11 heteroatoms. The summed E-state index contributed by atoms with van der Waals surface area (Å²) >= 11 is 0. The summed E-state index contributed by atoms with van der Waals surface area (Å²) in [5.41, 5.74) is 1.07. The number of carbonyl (C=O) groups excluding carboxylic acids is 1. The van der Waals surface area contributed by atoms with E-state index in [1.165, 1.54) is 25.7 Å². The highest BCUT2D eigenvalue weighted by molar-refractivity contribution is 5.96. The quantitative estimate of drug-likeness (QED) is 0.656. The molecule has 0 saturated carbocycles. The lowest BCUT2D eigenvalue weighted by atomic mass is 9.94. The molecule has 164 valence electrons. The first-order valence-corrected chi connectivity index (χ1v) is 9.72. The van der Waals surface area contributed by atoms with Gasteiger partial charge in [-0.3, -0.25) is 5.32 Å². The van der Waals surface area contributed by atoms with Crippen molar-refractivity contribution in [1.29, 1.82) is 0 Å². The third-order valence-electron chi connectivity index (χ3n) is 5.36. The number of carbonyl (C=O) groups is 1. The fraction of sp³-hybridized carbons (Fsp3) is 0.400. The zero-order valence-corrected chi connectivity index (χ0v) is 17.0. The summed E-state index contributed by atoms with van der Waals surface area (Å²) in [6.07, 6.45) is 4.95. The van der Waals surface area contributed by atoms with Crippen LogP contribution in [0.15, 0.2) is 30.7 Å². The van der Waals surface area contributed by atoms with Crippen LogP contribution < -0.4 is 10.1 Å². The molecule has 2 N–H and O–H groups in total. The summed E-state index contributed by atoms with van der Waals surface area (Å²) in [6, 6.07) is 3.02. The summed E-state index contributed by atoms with van der Waals surface area (Å²) in [5.74, 6) is 0.658. The van der Waals surface area contributed by atoms with Crippen molar-refractivity contribution in [2.75, 3.05) is 25.5 Å². The second kappa shape index (κ2) is 8.06. The van der Waals surface area contributed by atoms with Crippen LogP contribution in [0.2, 0.25) is 0 Å². The Bertz CT molecular complexity index is 1110. The molecule has 9 nitrogen and oxygen atoms in total. The lowest BCUT2D eigenvalue weighted by Gasteiger charge is -2.35. The number of amides is 2. The number of ether oxygens (including phenoxy) is 1. The molecule has 1 fully saturated rings. The number of anilines is 1. The lowest BCUT2D eigenvalue weighted by molar-refractivity contribution is 0.00569. The molecule has 0 aliphatic carbocycles. The minimum absolute atomic E-state index is 0.230. The predicted molar refractivity (Wildman–Crippen MR) is 109 cm³/mol. The molecule has 2 amide bonds. The first-order chi connectivity index (χ1) is 14.8. The van der Waals surface area contributed by atoms with Gasteiger partial charge < -0.3 is 14.7 Å². The van der Waals surface area contributed by atoms with Gasteiger partial charge >= 0.3 is 12.6 Å². The van der Waals surface area contributed by atoms with Crippen molar-refractivity contribution in [3.05, 3.63) is 30.7 Å². The highest BCUT2D eigenvalue weighted by atomic mass is 19.3. The number of benzene rings is 1. The maximum atomic E-state index is 12.9. The van der Waals surface area contributed by atoms with Crippen LogP contribution in [0.5, 0.6) is 5.75 Å². The Labute approximate surface area is 176 Å². The summed E-state index contributed by atoms with van der Waals surface area (Å²) < 4.78 is 31.7. The number of aliphatic hydroxyl groups is 1. The molecule has 4 rings (SSSR count). The van der Waals surface area contributed by atoms with Crippen LogP contribution in [0.1, 0.15) is 26.3 Å². The van der Waals surface area contributed by atoms with E-state index in [-0.39, 0.29) is 11.8 Å². The van der Waals surface area contributed by atoms with Gasteiger partial charge in [-0.25, -0.2) is 19.4 Å². The van der Waals surface area contributed by atoms with Gasteiger partial charge in [0.15, 0.2) is 5.82 Å². The van der Waals surface area contributed by atoms with E-state index in [0.717, 1.165) is 0 Å². The topological polar surface area (TPSA) is 105 Å². The average Bonchev–Trinajstić information content (AvgIpc) is 3.23. The number of hydrogen-bond acceptors (Lipinski definition) is 6. The van der Waals surface area contributed by atoms with Crippen molar-refractivity contribution in [3.63, 3.8) is 0 Å². The molecule has 0 unspecified atom stereocenters. The van der Waals surface area contributed by atoms with Crippen LogP contribution in [-0.4, -0.2) is 61.6 Å². The van der Waals surface area contributed by atoms with Gasteiger partial charge in [0.1, 0.15) is 16.8 Å². The van der Waals surface area contributed by atoms with Gasteiger partial charge in [-0.1, -0.05) is 0 Å². The van der Waals surface area contributed by atoms with Gasteiger partial charge in [0.05, 0.1) is 25.1 Å². The Hall–Kier alpha value is -3.34. The monoisotopic (exact) mass is 432 g/mol. The van der Waals surface area contributed by atoms with Gasteiger partial charge in [0.2, 0.25) is 0 Å². The van der Waals surface area contributed by atoms with Crippen LogP contribution >= 0.6 is 0 Å². The molecule has 1 aliphatic heterocycles. The maximum Gasteiger partial charge on any atom is 0.333 e. The second-order valence-electron chi connectivity index (χ2n) is 7.67. The molecule has 1 aliphatic rings. The van der Waals surface area contributed by atoms with Gasteiger partial charge in [-0.2, -0.15) is 13.9 Å². The molecule has 31 heavy (non-hydrogen) atoms. The highest BCUT2D eigenvalue weighted by Gasteiger charge is 2.29. The van der Waals surface area contributed by atoms with E-state index >= 15 is 0 Å². The largest absolute Gasteiger partial charge is 0.494 e. The summed E-state index contributed by atoms with van der Waals surface area (Å²) in [5, 5.41) is 16.4. The van der Waals surface area contributed by atoms with Crippen molar-refractivity contribution in [2.45, 2.75) is 31.9 Å². The Morgan fingerprint density at radius 3 is 2.65 bits per heavy atom. The van der Waals surface area contributed by atoms with Crippen molar-refractivity contribution in [1.82, 2.24) is 24.6 Å². The van der Waals surface area contributed by atoms with E-state index in [9.17, 15) is 18.7 Å². The number of nitrogens with one attached hydrogen (secondary N) is 1. The molecule has 2 aromatic heterocycles. The predicted octanol–water partition coefficient (Wildman–Crippen LogP) is 3.28. The van der Waals surface area contributed by atoms with Crippen molar-refractivity contribution < 1.29 is 23.4 Å². The summed E-state index contributed by atoms with van der Waals surface area (Å²) in [6.45, 7) is -0.126. The SMILES string of the molecule is COc1ccc(-c2cnn(C(F)F)c2)c2ncc(NC(=O)N3CCC(C)(O)CC3)nc12. The first kappa shape index (κ1) is 20.9. The zero-order chi connectivity index (χ0) is 22.2. The Balaban J connectivity index is 1.63. The first-order valence-electron chi connectivity index (χ1n) is 9.72. The zero-order valence-electron chi connectivity index (χ0n) is 17.0. The Morgan fingerprint density at radius 2 is 2.00 bits per heavy atom. The molecule has 0 spiro atoms. The lowest BCUT2D eigenvalue weighted by Crippen LogP contribution is -2.46. The molecule has 0 bridgehead atoms. The number of halogens is 2. The normalized spacial score (nSPS) is 16.0. The number of methoxy groups -OCH3 is 1. The highest BCUT2D eigenvalue weighted by Crippen LogP contribution is 2.33. The maximum absolute atomic E-state index is 12.9. The number of fused-ring (bicyclic) bond motifs is 1. The number of nitrogens with zero attached hydrogens (tertiary/aromatic N) is 5. The average molecular weight is 432 g/mol. The van der Waals surface area contributed by atoms with Gasteiger partial charge in [-0.15, -0.1) is 0 Å². The van der Waals surface area contributed by atoms with Crippen molar-refractivity contribution >= 4 is 22.9 Å². The van der Waals surface area contributed by atoms with Crippen molar-refractivity contribution in [3.8, 4) is 16.9 Å². The number of urea groups is 1. The van der Waals surface area contributed by atoms with Crippen LogP contribution in [0.4, 0.5) is 19.4 Å². The minimum Gasteiger partial charge on any atom is -0.494 e. The molecule has 1 aromatic carbocycles. The Kier molecular flexibility index (Phi) is 5.44. The van der Waals surface area contributed by atoms with Gasteiger partial charge in [0, 0.05) is 30.4 Å². The minimum atomic E-state index is -2.75. The van der Waals surface area contributed by atoms with Crippen LogP contribution in [0.3, 0.4) is 0 Å².